The molecular weight excluding hydrogens is 588 g/mol. The summed E-state index contributed by atoms with van der Waals surface area (Å²) in [6.07, 6.45) is 6.91. The SMILES string of the molecule is c1ccc(N(c2ccccc2)c2ccc(OCCCCCCCCOc3ccc(N(c4ccccc4)c4ccccc4)cc3)cc2)cc1. The van der Waals surface area contributed by atoms with E-state index < -0.39 is 0 Å². The maximum absolute atomic E-state index is 6.08. The Balaban J connectivity index is 0.875. The van der Waals surface area contributed by atoms with Gasteiger partial charge in [-0.1, -0.05) is 98.5 Å². The molecule has 0 radical (unpaired) electrons. The first-order chi connectivity index (χ1) is 23.8. The predicted octanol–water partition coefficient (Wildman–Crippen LogP) is 12.4. The van der Waals surface area contributed by atoms with Crippen LogP contribution in [0.3, 0.4) is 0 Å². The molecule has 0 N–H and O–H groups in total. The van der Waals surface area contributed by atoms with E-state index in [4.69, 9.17) is 9.47 Å². The van der Waals surface area contributed by atoms with Gasteiger partial charge in [-0.2, -0.15) is 0 Å². The van der Waals surface area contributed by atoms with E-state index in [9.17, 15) is 0 Å². The fraction of sp³-hybridized carbons (Fsp3) is 0.182. The maximum atomic E-state index is 6.08. The Kier molecular flexibility index (Phi) is 11.8. The summed E-state index contributed by atoms with van der Waals surface area (Å²) in [5, 5.41) is 0. The molecule has 48 heavy (non-hydrogen) atoms. The van der Waals surface area contributed by atoms with Crippen molar-refractivity contribution in [3.8, 4) is 11.5 Å². The van der Waals surface area contributed by atoms with Crippen LogP contribution in [-0.2, 0) is 0 Å². The predicted molar refractivity (Wildman–Crippen MR) is 201 cm³/mol. The monoisotopic (exact) mass is 632 g/mol. The number of hydrogen-bond acceptors (Lipinski definition) is 4. The van der Waals surface area contributed by atoms with Gasteiger partial charge in [-0.05, 0) is 110 Å². The van der Waals surface area contributed by atoms with Crippen molar-refractivity contribution in [2.75, 3.05) is 23.0 Å². The second kappa shape index (κ2) is 17.4. The fourth-order valence-corrected chi connectivity index (χ4v) is 5.88. The molecule has 4 nitrogen and oxygen atoms in total. The van der Waals surface area contributed by atoms with Crippen molar-refractivity contribution in [2.24, 2.45) is 0 Å². The van der Waals surface area contributed by atoms with E-state index in [2.05, 4.69) is 155 Å². The Bertz CT molecular complexity index is 1530. The van der Waals surface area contributed by atoms with Gasteiger partial charge in [-0.25, -0.2) is 0 Å². The highest BCUT2D eigenvalue weighted by Crippen LogP contribution is 2.36. The number of unbranched alkanes of at least 4 members (excludes halogenated alkanes) is 5. The van der Waals surface area contributed by atoms with E-state index in [0.29, 0.717) is 0 Å². The first-order valence-corrected chi connectivity index (χ1v) is 17.1. The molecule has 0 amide bonds. The standard InChI is InChI=1S/C44H44N2O2/c1(3-17-35-47-43-31-27-41(28-32-43)45(37-19-9-5-10-20-37)38-21-11-6-12-22-38)2-4-18-36-48-44-33-29-42(30-34-44)46(39-23-13-7-14-24-39)40-25-15-8-16-26-40/h5-16,19-34H,1-4,17-18,35-36H2. The lowest BCUT2D eigenvalue weighted by atomic mass is 10.1. The number of hydrogen-bond donors (Lipinski definition) is 0. The van der Waals surface area contributed by atoms with Crippen molar-refractivity contribution in [3.05, 3.63) is 170 Å². The van der Waals surface area contributed by atoms with Gasteiger partial charge in [-0.3, -0.25) is 0 Å². The average molecular weight is 633 g/mol. The lowest BCUT2D eigenvalue weighted by Gasteiger charge is -2.25. The minimum Gasteiger partial charge on any atom is -0.494 e. The van der Waals surface area contributed by atoms with Crippen LogP contribution in [0.5, 0.6) is 11.5 Å². The summed E-state index contributed by atoms with van der Waals surface area (Å²) in [6, 6.07) is 58.7. The zero-order chi connectivity index (χ0) is 32.6. The fourth-order valence-electron chi connectivity index (χ4n) is 5.88. The highest BCUT2D eigenvalue weighted by molar-refractivity contribution is 5.77. The van der Waals surface area contributed by atoms with Gasteiger partial charge in [0.2, 0.25) is 0 Å². The van der Waals surface area contributed by atoms with Crippen molar-refractivity contribution < 1.29 is 9.47 Å². The Labute approximate surface area is 285 Å². The average Bonchev–Trinajstić information content (AvgIpc) is 3.16. The molecule has 0 aromatic heterocycles. The van der Waals surface area contributed by atoms with E-state index in [1.54, 1.807) is 0 Å². The van der Waals surface area contributed by atoms with Crippen LogP contribution in [0.25, 0.3) is 0 Å². The molecule has 0 spiro atoms. The summed E-state index contributed by atoms with van der Waals surface area (Å²) >= 11 is 0. The first-order valence-electron chi connectivity index (χ1n) is 17.1. The van der Waals surface area contributed by atoms with Crippen LogP contribution in [0.1, 0.15) is 38.5 Å². The van der Waals surface area contributed by atoms with Crippen molar-refractivity contribution >= 4 is 34.1 Å². The third-order valence-corrected chi connectivity index (χ3v) is 8.32. The van der Waals surface area contributed by atoms with Crippen LogP contribution in [0.2, 0.25) is 0 Å². The van der Waals surface area contributed by atoms with Gasteiger partial charge in [0.15, 0.2) is 0 Å². The molecule has 0 bridgehead atoms. The number of ether oxygens (including phenoxy) is 2. The van der Waals surface area contributed by atoms with E-state index >= 15 is 0 Å². The summed E-state index contributed by atoms with van der Waals surface area (Å²) in [5.41, 5.74) is 6.75. The molecular formula is C44H44N2O2. The topological polar surface area (TPSA) is 24.9 Å². The molecule has 242 valence electrons. The normalized spacial score (nSPS) is 10.8. The van der Waals surface area contributed by atoms with Gasteiger partial charge in [0.05, 0.1) is 13.2 Å². The molecule has 6 aromatic rings. The molecule has 6 aromatic carbocycles. The zero-order valence-corrected chi connectivity index (χ0v) is 27.5. The van der Waals surface area contributed by atoms with E-state index in [1.807, 2.05) is 24.3 Å². The van der Waals surface area contributed by atoms with Crippen LogP contribution in [-0.4, -0.2) is 13.2 Å². The Morgan fingerprint density at radius 2 is 0.521 bits per heavy atom. The molecule has 0 heterocycles. The van der Waals surface area contributed by atoms with E-state index in [-0.39, 0.29) is 0 Å². The highest BCUT2D eigenvalue weighted by Gasteiger charge is 2.13. The summed E-state index contributed by atoms with van der Waals surface area (Å²) in [5.74, 6) is 1.83. The number of rotatable bonds is 17. The van der Waals surface area contributed by atoms with Crippen LogP contribution in [0.15, 0.2) is 170 Å². The van der Waals surface area contributed by atoms with Crippen LogP contribution in [0, 0.1) is 0 Å². The third-order valence-electron chi connectivity index (χ3n) is 8.32. The Hall–Kier alpha value is -5.48. The molecule has 0 fully saturated rings. The number of benzene rings is 6. The molecule has 0 aliphatic heterocycles. The van der Waals surface area contributed by atoms with Gasteiger partial charge in [-0.15, -0.1) is 0 Å². The first kappa shape index (κ1) is 32.5. The second-order valence-corrected chi connectivity index (χ2v) is 11.8. The minimum atomic E-state index is 0.742. The van der Waals surface area contributed by atoms with Crippen LogP contribution < -0.4 is 19.3 Å². The van der Waals surface area contributed by atoms with E-state index in [0.717, 1.165) is 71.7 Å². The quantitative estimate of drug-likeness (QED) is 0.0934. The molecule has 0 atom stereocenters. The minimum absolute atomic E-state index is 0.742. The van der Waals surface area contributed by atoms with Crippen LogP contribution >= 0.6 is 0 Å². The molecule has 0 aliphatic rings. The van der Waals surface area contributed by atoms with Crippen molar-refractivity contribution in [1.82, 2.24) is 0 Å². The highest BCUT2D eigenvalue weighted by atomic mass is 16.5. The number of nitrogens with zero attached hydrogens (tertiary/aromatic N) is 2. The third kappa shape index (κ3) is 9.07. The van der Waals surface area contributed by atoms with E-state index in [1.165, 1.54) is 25.7 Å². The molecule has 0 saturated carbocycles. The Morgan fingerprint density at radius 1 is 0.271 bits per heavy atom. The smallest absolute Gasteiger partial charge is 0.119 e. The zero-order valence-electron chi connectivity index (χ0n) is 27.5. The molecule has 0 saturated heterocycles. The van der Waals surface area contributed by atoms with Gasteiger partial charge in [0.1, 0.15) is 11.5 Å². The molecule has 4 heteroatoms. The number of para-hydroxylation sites is 4. The lowest BCUT2D eigenvalue weighted by molar-refractivity contribution is 0.297. The van der Waals surface area contributed by atoms with Gasteiger partial charge in [0, 0.05) is 34.1 Å². The Morgan fingerprint density at radius 3 is 0.812 bits per heavy atom. The second-order valence-electron chi connectivity index (χ2n) is 11.8. The lowest BCUT2D eigenvalue weighted by Crippen LogP contribution is -2.09. The number of anilines is 6. The molecule has 0 unspecified atom stereocenters. The molecule has 0 aliphatic carbocycles. The summed E-state index contributed by atoms with van der Waals surface area (Å²) in [4.78, 5) is 4.52. The summed E-state index contributed by atoms with van der Waals surface area (Å²) in [7, 11) is 0. The van der Waals surface area contributed by atoms with Crippen molar-refractivity contribution in [1.29, 1.82) is 0 Å². The van der Waals surface area contributed by atoms with Crippen LogP contribution in [0.4, 0.5) is 34.1 Å². The van der Waals surface area contributed by atoms with Gasteiger partial charge >= 0.3 is 0 Å². The largest absolute Gasteiger partial charge is 0.494 e. The summed E-state index contributed by atoms with van der Waals surface area (Å²) in [6.45, 7) is 1.48. The summed E-state index contributed by atoms with van der Waals surface area (Å²) < 4.78 is 12.2. The van der Waals surface area contributed by atoms with Gasteiger partial charge in [0.25, 0.3) is 0 Å². The maximum Gasteiger partial charge on any atom is 0.119 e. The molecule has 6 rings (SSSR count). The van der Waals surface area contributed by atoms with Gasteiger partial charge < -0.3 is 19.3 Å². The van der Waals surface area contributed by atoms with Crippen molar-refractivity contribution in [3.63, 3.8) is 0 Å². The van der Waals surface area contributed by atoms with Crippen molar-refractivity contribution in [2.45, 2.75) is 38.5 Å².